The van der Waals surface area contributed by atoms with Crippen molar-refractivity contribution in [3.05, 3.63) is 42.2 Å². The van der Waals surface area contributed by atoms with E-state index in [0.717, 1.165) is 31.2 Å². The Hall–Kier alpha value is -2.74. The number of rotatable bonds is 6. The molecule has 0 saturated heterocycles. The van der Waals surface area contributed by atoms with E-state index in [1.807, 2.05) is 30.3 Å². The molecule has 0 spiro atoms. The molecule has 8 nitrogen and oxygen atoms in total. The van der Waals surface area contributed by atoms with Gasteiger partial charge in [0.1, 0.15) is 12.9 Å². The molecule has 2 atom stereocenters. The molecule has 2 saturated carbocycles. The van der Waals surface area contributed by atoms with Crippen molar-refractivity contribution in [3.8, 4) is 0 Å². The second-order valence-corrected chi connectivity index (χ2v) is 8.21. The van der Waals surface area contributed by atoms with Gasteiger partial charge in [-0.1, -0.05) is 36.8 Å². The van der Waals surface area contributed by atoms with Crippen molar-refractivity contribution in [2.24, 2.45) is 23.5 Å². The fourth-order valence-electron chi connectivity index (χ4n) is 4.64. The van der Waals surface area contributed by atoms with E-state index in [9.17, 15) is 9.59 Å². The summed E-state index contributed by atoms with van der Waals surface area (Å²) in [5.74, 6) is 0.886. The Morgan fingerprint density at radius 2 is 1.86 bits per heavy atom. The number of carbonyl (C=O) groups excluding carboxylic acids is 2. The van der Waals surface area contributed by atoms with Crippen LogP contribution in [0.3, 0.4) is 0 Å². The fourth-order valence-corrected chi connectivity index (χ4v) is 4.64. The maximum atomic E-state index is 12.7. The molecule has 0 aliphatic heterocycles. The van der Waals surface area contributed by atoms with Crippen LogP contribution in [0, 0.1) is 17.8 Å². The van der Waals surface area contributed by atoms with Crippen molar-refractivity contribution >= 4 is 17.8 Å². The van der Waals surface area contributed by atoms with Crippen molar-refractivity contribution in [1.82, 2.24) is 20.1 Å². The molecule has 2 bridgehead atoms. The van der Waals surface area contributed by atoms with Crippen LogP contribution in [0.15, 0.2) is 36.7 Å². The number of fused-ring (bicyclic) bond motifs is 2. The number of nitrogens with one attached hydrogen (secondary N) is 2. The van der Waals surface area contributed by atoms with Crippen molar-refractivity contribution < 1.29 is 9.59 Å². The molecular formula is C21H28N6O2. The summed E-state index contributed by atoms with van der Waals surface area (Å²) in [5.41, 5.74) is 7.34. The summed E-state index contributed by atoms with van der Waals surface area (Å²) in [7, 11) is 0. The van der Waals surface area contributed by atoms with Crippen molar-refractivity contribution in [2.45, 2.75) is 51.2 Å². The number of hydrogen-bond donors (Lipinski definition) is 3. The normalized spacial score (nSPS) is 26.0. The Bertz CT molecular complexity index is 838. The SMILES string of the molecule is NC1C2CCCC1CC(C(=O)Nc1ncn(CC(=O)NCc3ccccc3)n1)C2. The van der Waals surface area contributed by atoms with Crippen molar-refractivity contribution in [2.75, 3.05) is 5.32 Å². The largest absolute Gasteiger partial charge is 0.350 e. The van der Waals surface area contributed by atoms with Gasteiger partial charge in [-0.15, -0.1) is 5.10 Å². The lowest BCUT2D eigenvalue weighted by molar-refractivity contribution is -0.123. The van der Waals surface area contributed by atoms with Crippen LogP contribution in [-0.2, 0) is 22.7 Å². The lowest BCUT2D eigenvalue weighted by atomic mass is 9.65. The van der Waals surface area contributed by atoms with Crippen LogP contribution < -0.4 is 16.4 Å². The minimum atomic E-state index is -0.161. The number of nitrogens with zero attached hydrogens (tertiary/aromatic N) is 3. The Kier molecular flexibility index (Phi) is 5.89. The first kappa shape index (κ1) is 19.6. The number of nitrogens with two attached hydrogens (primary N) is 1. The van der Waals surface area contributed by atoms with E-state index in [2.05, 4.69) is 20.7 Å². The Labute approximate surface area is 170 Å². The first-order valence-corrected chi connectivity index (χ1v) is 10.3. The molecule has 4 N–H and O–H groups in total. The van der Waals surface area contributed by atoms with Gasteiger partial charge in [-0.05, 0) is 43.1 Å². The van der Waals surface area contributed by atoms with E-state index in [4.69, 9.17) is 5.73 Å². The third-order valence-corrected chi connectivity index (χ3v) is 6.19. The van der Waals surface area contributed by atoms with Crippen LogP contribution in [0.25, 0.3) is 0 Å². The molecule has 1 aromatic heterocycles. The van der Waals surface area contributed by atoms with Gasteiger partial charge in [-0.25, -0.2) is 9.67 Å². The zero-order valence-electron chi connectivity index (χ0n) is 16.5. The van der Waals surface area contributed by atoms with Gasteiger partial charge < -0.3 is 11.1 Å². The van der Waals surface area contributed by atoms with E-state index in [1.54, 1.807) is 0 Å². The Morgan fingerprint density at radius 3 is 2.59 bits per heavy atom. The van der Waals surface area contributed by atoms with Crippen molar-refractivity contribution in [3.63, 3.8) is 0 Å². The molecule has 154 valence electrons. The highest BCUT2D eigenvalue weighted by molar-refractivity contribution is 5.91. The van der Waals surface area contributed by atoms with Gasteiger partial charge in [0.15, 0.2) is 0 Å². The van der Waals surface area contributed by atoms with Gasteiger partial charge in [-0.2, -0.15) is 0 Å². The predicted octanol–water partition coefficient (Wildman–Crippen LogP) is 1.69. The first-order valence-electron chi connectivity index (χ1n) is 10.3. The molecule has 2 aliphatic rings. The van der Waals surface area contributed by atoms with E-state index in [1.165, 1.54) is 17.4 Å². The van der Waals surface area contributed by atoms with E-state index in [-0.39, 0.29) is 36.3 Å². The van der Waals surface area contributed by atoms with E-state index >= 15 is 0 Å². The van der Waals surface area contributed by atoms with Gasteiger partial charge in [0.25, 0.3) is 0 Å². The minimum Gasteiger partial charge on any atom is -0.350 e. The van der Waals surface area contributed by atoms with Gasteiger partial charge in [0, 0.05) is 18.5 Å². The first-order chi connectivity index (χ1) is 14.1. The number of aromatic nitrogens is 3. The summed E-state index contributed by atoms with van der Waals surface area (Å²) in [6.45, 7) is 0.516. The monoisotopic (exact) mass is 396 g/mol. The topological polar surface area (TPSA) is 115 Å². The predicted molar refractivity (Wildman–Crippen MR) is 108 cm³/mol. The van der Waals surface area contributed by atoms with Crippen LogP contribution in [0.2, 0.25) is 0 Å². The lowest BCUT2D eigenvalue weighted by Crippen LogP contribution is -2.48. The quantitative estimate of drug-likeness (QED) is 0.687. The standard InChI is InChI=1S/C21H28N6O2/c22-19-15-7-4-8-16(19)10-17(9-15)20(29)25-21-24-13-27(26-21)12-18(28)23-11-14-5-2-1-3-6-14/h1-3,5-6,13,15-17,19H,4,7-12,22H2,(H,23,28)(H,25,26,29). The summed E-state index contributed by atoms with van der Waals surface area (Å²) in [6.07, 6.45) is 6.59. The summed E-state index contributed by atoms with van der Waals surface area (Å²) in [5, 5.41) is 9.88. The molecule has 29 heavy (non-hydrogen) atoms. The highest BCUT2D eigenvalue weighted by Gasteiger charge is 2.40. The number of carbonyl (C=O) groups is 2. The van der Waals surface area contributed by atoms with Gasteiger partial charge >= 0.3 is 0 Å². The summed E-state index contributed by atoms with van der Waals surface area (Å²) < 4.78 is 1.43. The number of anilines is 1. The average Bonchev–Trinajstić information content (AvgIpc) is 3.13. The smallest absolute Gasteiger partial charge is 0.248 e. The molecular weight excluding hydrogens is 368 g/mol. The highest BCUT2D eigenvalue weighted by atomic mass is 16.2. The second-order valence-electron chi connectivity index (χ2n) is 8.21. The Balaban J connectivity index is 1.26. The second kappa shape index (κ2) is 8.73. The molecule has 0 radical (unpaired) electrons. The van der Waals surface area contributed by atoms with Crippen molar-refractivity contribution in [1.29, 1.82) is 0 Å². The summed E-state index contributed by atoms with van der Waals surface area (Å²) >= 11 is 0. The molecule has 1 aromatic carbocycles. The number of hydrogen-bond acceptors (Lipinski definition) is 5. The molecule has 8 heteroatoms. The summed E-state index contributed by atoms with van der Waals surface area (Å²) in [4.78, 5) is 28.9. The maximum absolute atomic E-state index is 12.7. The lowest BCUT2D eigenvalue weighted by Gasteiger charge is -2.43. The molecule has 2 amide bonds. The molecule has 2 unspecified atom stereocenters. The highest BCUT2D eigenvalue weighted by Crippen LogP contribution is 2.42. The van der Waals surface area contributed by atoms with Crippen LogP contribution in [0.4, 0.5) is 5.95 Å². The Morgan fingerprint density at radius 1 is 1.14 bits per heavy atom. The zero-order valence-corrected chi connectivity index (χ0v) is 16.5. The van der Waals surface area contributed by atoms with Gasteiger partial charge in [0.2, 0.25) is 17.8 Å². The van der Waals surface area contributed by atoms with Crippen LogP contribution in [0.5, 0.6) is 0 Å². The van der Waals surface area contributed by atoms with Crippen LogP contribution in [-0.4, -0.2) is 32.6 Å². The van der Waals surface area contributed by atoms with E-state index in [0.29, 0.717) is 18.4 Å². The molecule has 4 rings (SSSR count). The minimum absolute atomic E-state index is 0.0359. The third-order valence-electron chi connectivity index (χ3n) is 6.19. The molecule has 1 heterocycles. The number of amides is 2. The molecule has 2 aromatic rings. The average molecular weight is 396 g/mol. The third kappa shape index (κ3) is 4.82. The van der Waals surface area contributed by atoms with Gasteiger partial charge in [0.05, 0.1) is 0 Å². The van der Waals surface area contributed by atoms with Crippen LogP contribution in [0.1, 0.15) is 37.7 Å². The molecule has 2 fully saturated rings. The molecule has 2 aliphatic carbocycles. The maximum Gasteiger partial charge on any atom is 0.248 e. The zero-order chi connectivity index (χ0) is 20.2. The fraction of sp³-hybridized carbons (Fsp3) is 0.524. The number of benzene rings is 1. The van der Waals surface area contributed by atoms with Crippen LogP contribution >= 0.6 is 0 Å². The van der Waals surface area contributed by atoms with Gasteiger partial charge in [-0.3, -0.25) is 14.9 Å². The van der Waals surface area contributed by atoms with E-state index < -0.39 is 0 Å². The summed E-state index contributed by atoms with van der Waals surface area (Å²) in [6, 6.07) is 9.94.